The molecule has 1 saturated carbocycles. The SMILES string of the molecule is CC1CCC(OC(=O)CC2CNCCO2)CC1C. The van der Waals surface area contributed by atoms with Gasteiger partial charge in [0.1, 0.15) is 6.10 Å². The van der Waals surface area contributed by atoms with Gasteiger partial charge < -0.3 is 14.8 Å². The molecule has 2 rings (SSSR count). The zero-order valence-electron chi connectivity index (χ0n) is 11.5. The molecule has 2 fully saturated rings. The Hall–Kier alpha value is -0.610. The predicted octanol–water partition coefficient (Wildman–Crippen LogP) is 1.73. The van der Waals surface area contributed by atoms with E-state index in [-0.39, 0.29) is 18.2 Å². The van der Waals surface area contributed by atoms with Crippen molar-refractivity contribution in [2.24, 2.45) is 11.8 Å². The second kappa shape index (κ2) is 6.53. The molecule has 0 bridgehead atoms. The lowest BCUT2D eigenvalue weighted by Gasteiger charge is -2.32. The van der Waals surface area contributed by atoms with Gasteiger partial charge in [-0.25, -0.2) is 0 Å². The number of ether oxygens (including phenoxy) is 2. The summed E-state index contributed by atoms with van der Waals surface area (Å²) in [5, 5.41) is 3.22. The first-order chi connectivity index (χ1) is 8.65. The first kappa shape index (κ1) is 13.8. The van der Waals surface area contributed by atoms with Crippen LogP contribution in [0.4, 0.5) is 0 Å². The van der Waals surface area contributed by atoms with Crippen molar-refractivity contribution in [3.8, 4) is 0 Å². The summed E-state index contributed by atoms with van der Waals surface area (Å²) in [5.74, 6) is 1.31. The summed E-state index contributed by atoms with van der Waals surface area (Å²) in [6, 6.07) is 0. The predicted molar refractivity (Wildman–Crippen MR) is 69.3 cm³/mol. The van der Waals surface area contributed by atoms with Crippen LogP contribution in [0.3, 0.4) is 0 Å². The molecule has 4 nitrogen and oxygen atoms in total. The van der Waals surface area contributed by atoms with E-state index in [1.54, 1.807) is 0 Å². The average Bonchev–Trinajstić information content (AvgIpc) is 2.35. The molecule has 1 heterocycles. The van der Waals surface area contributed by atoms with E-state index in [1.807, 2.05) is 0 Å². The van der Waals surface area contributed by atoms with E-state index in [9.17, 15) is 4.79 Å². The largest absolute Gasteiger partial charge is 0.462 e. The molecule has 2 aliphatic rings. The highest BCUT2D eigenvalue weighted by atomic mass is 16.5. The zero-order valence-corrected chi connectivity index (χ0v) is 11.5. The van der Waals surface area contributed by atoms with Crippen LogP contribution in [0.1, 0.15) is 39.5 Å². The first-order valence-electron chi connectivity index (χ1n) is 7.17. The molecule has 104 valence electrons. The third kappa shape index (κ3) is 3.95. The van der Waals surface area contributed by atoms with Gasteiger partial charge >= 0.3 is 5.97 Å². The molecule has 0 radical (unpaired) electrons. The number of carbonyl (C=O) groups excluding carboxylic acids is 1. The Morgan fingerprint density at radius 1 is 1.33 bits per heavy atom. The molecule has 4 atom stereocenters. The van der Waals surface area contributed by atoms with Gasteiger partial charge in [0.05, 0.1) is 19.1 Å². The highest BCUT2D eigenvalue weighted by molar-refractivity contribution is 5.70. The fourth-order valence-corrected chi connectivity index (χ4v) is 2.78. The molecule has 1 saturated heterocycles. The summed E-state index contributed by atoms with van der Waals surface area (Å²) in [7, 11) is 0. The molecular weight excluding hydrogens is 230 g/mol. The van der Waals surface area contributed by atoms with Crippen molar-refractivity contribution in [2.45, 2.75) is 51.7 Å². The molecular formula is C14H25NO3. The second-order valence-electron chi connectivity index (χ2n) is 5.78. The number of nitrogens with one attached hydrogen (secondary N) is 1. The Balaban J connectivity index is 1.70. The molecule has 18 heavy (non-hydrogen) atoms. The van der Waals surface area contributed by atoms with E-state index < -0.39 is 0 Å². The van der Waals surface area contributed by atoms with Crippen LogP contribution in [0.2, 0.25) is 0 Å². The Morgan fingerprint density at radius 2 is 2.17 bits per heavy atom. The van der Waals surface area contributed by atoms with Crippen molar-refractivity contribution >= 4 is 5.97 Å². The average molecular weight is 255 g/mol. The molecule has 0 aromatic heterocycles. The first-order valence-corrected chi connectivity index (χ1v) is 7.17. The summed E-state index contributed by atoms with van der Waals surface area (Å²) in [4.78, 5) is 11.8. The van der Waals surface area contributed by atoms with Crippen LogP contribution in [0.15, 0.2) is 0 Å². The lowest BCUT2D eigenvalue weighted by molar-refractivity contribution is -0.155. The maximum absolute atomic E-state index is 11.8. The summed E-state index contributed by atoms with van der Waals surface area (Å²) >= 11 is 0. The topological polar surface area (TPSA) is 47.6 Å². The summed E-state index contributed by atoms with van der Waals surface area (Å²) in [5.41, 5.74) is 0. The van der Waals surface area contributed by atoms with Gasteiger partial charge in [0.25, 0.3) is 0 Å². The minimum absolute atomic E-state index is 0.00816. The quantitative estimate of drug-likeness (QED) is 0.780. The van der Waals surface area contributed by atoms with Crippen LogP contribution in [0.5, 0.6) is 0 Å². The van der Waals surface area contributed by atoms with Gasteiger partial charge in [-0.3, -0.25) is 4.79 Å². The van der Waals surface area contributed by atoms with Gasteiger partial charge in [-0.15, -0.1) is 0 Å². The second-order valence-corrected chi connectivity index (χ2v) is 5.78. The number of hydrogen-bond acceptors (Lipinski definition) is 4. The van der Waals surface area contributed by atoms with Crippen molar-refractivity contribution in [2.75, 3.05) is 19.7 Å². The van der Waals surface area contributed by atoms with Crippen LogP contribution < -0.4 is 5.32 Å². The van der Waals surface area contributed by atoms with Gasteiger partial charge in [0.15, 0.2) is 0 Å². The third-order valence-electron chi connectivity index (χ3n) is 4.25. The fourth-order valence-electron chi connectivity index (χ4n) is 2.78. The lowest BCUT2D eigenvalue weighted by atomic mass is 9.80. The van der Waals surface area contributed by atoms with Crippen molar-refractivity contribution in [1.82, 2.24) is 5.32 Å². The van der Waals surface area contributed by atoms with Crippen molar-refractivity contribution in [1.29, 1.82) is 0 Å². The highest BCUT2D eigenvalue weighted by Crippen LogP contribution is 2.31. The monoisotopic (exact) mass is 255 g/mol. The van der Waals surface area contributed by atoms with E-state index >= 15 is 0 Å². The van der Waals surface area contributed by atoms with Crippen LogP contribution >= 0.6 is 0 Å². The van der Waals surface area contributed by atoms with E-state index in [1.165, 1.54) is 6.42 Å². The van der Waals surface area contributed by atoms with E-state index in [0.717, 1.165) is 31.8 Å². The molecule has 4 unspecified atom stereocenters. The van der Waals surface area contributed by atoms with E-state index in [0.29, 0.717) is 18.9 Å². The van der Waals surface area contributed by atoms with Crippen molar-refractivity contribution < 1.29 is 14.3 Å². The number of carbonyl (C=O) groups is 1. The standard InChI is InChI=1S/C14H25NO3/c1-10-3-4-12(7-11(10)2)18-14(16)8-13-9-15-5-6-17-13/h10-13,15H,3-9H2,1-2H3. The number of rotatable bonds is 3. The molecule has 0 amide bonds. The maximum atomic E-state index is 11.8. The summed E-state index contributed by atoms with van der Waals surface area (Å²) < 4.78 is 11.1. The molecule has 0 aromatic rings. The highest BCUT2D eigenvalue weighted by Gasteiger charge is 2.28. The molecule has 1 aliphatic heterocycles. The Bertz CT molecular complexity index is 276. The van der Waals surface area contributed by atoms with Gasteiger partial charge in [-0.1, -0.05) is 13.8 Å². The van der Waals surface area contributed by atoms with E-state index in [4.69, 9.17) is 9.47 Å². The van der Waals surface area contributed by atoms with Gasteiger partial charge in [0.2, 0.25) is 0 Å². The van der Waals surface area contributed by atoms with Crippen LogP contribution in [-0.2, 0) is 14.3 Å². The van der Waals surface area contributed by atoms with Crippen LogP contribution in [0.25, 0.3) is 0 Å². The van der Waals surface area contributed by atoms with Gasteiger partial charge in [-0.2, -0.15) is 0 Å². The molecule has 0 aromatic carbocycles. The minimum Gasteiger partial charge on any atom is -0.462 e. The van der Waals surface area contributed by atoms with Crippen LogP contribution in [-0.4, -0.2) is 37.9 Å². The lowest BCUT2D eigenvalue weighted by Crippen LogP contribution is -2.40. The summed E-state index contributed by atoms with van der Waals surface area (Å²) in [6.07, 6.45) is 3.69. The molecule has 1 N–H and O–H groups in total. The zero-order chi connectivity index (χ0) is 13.0. The van der Waals surface area contributed by atoms with Crippen LogP contribution in [0, 0.1) is 11.8 Å². The fraction of sp³-hybridized carbons (Fsp3) is 0.929. The Labute approximate surface area is 109 Å². The number of esters is 1. The molecule has 0 spiro atoms. The van der Waals surface area contributed by atoms with Gasteiger partial charge in [0, 0.05) is 13.1 Å². The smallest absolute Gasteiger partial charge is 0.308 e. The van der Waals surface area contributed by atoms with Crippen molar-refractivity contribution in [3.63, 3.8) is 0 Å². The maximum Gasteiger partial charge on any atom is 0.308 e. The minimum atomic E-state index is -0.101. The van der Waals surface area contributed by atoms with Crippen molar-refractivity contribution in [3.05, 3.63) is 0 Å². The Morgan fingerprint density at radius 3 is 2.83 bits per heavy atom. The summed E-state index contributed by atoms with van der Waals surface area (Å²) in [6.45, 7) is 6.86. The van der Waals surface area contributed by atoms with E-state index in [2.05, 4.69) is 19.2 Å². The number of hydrogen-bond donors (Lipinski definition) is 1. The normalized spacial score (nSPS) is 37.2. The number of morpholine rings is 1. The van der Waals surface area contributed by atoms with Gasteiger partial charge in [-0.05, 0) is 31.1 Å². The molecule has 4 heteroatoms. The molecule has 1 aliphatic carbocycles. The Kier molecular flexibility index (Phi) is 5.01. The third-order valence-corrected chi connectivity index (χ3v) is 4.25.